The number of aliphatic hydroxyl groups is 1. The van der Waals surface area contributed by atoms with Gasteiger partial charge in [-0.25, -0.2) is 0 Å². The summed E-state index contributed by atoms with van der Waals surface area (Å²) >= 11 is 11.9. The molecule has 102 valence electrons. The van der Waals surface area contributed by atoms with Crippen LogP contribution in [-0.2, 0) is 6.61 Å². The van der Waals surface area contributed by atoms with Gasteiger partial charge in [0.2, 0.25) is 5.76 Å². The lowest BCUT2D eigenvalue weighted by atomic mass is 10.1. The van der Waals surface area contributed by atoms with Crippen molar-refractivity contribution in [1.29, 1.82) is 0 Å². The van der Waals surface area contributed by atoms with Crippen LogP contribution in [0.5, 0.6) is 0 Å². The average molecular weight is 310 g/mol. The largest absolute Gasteiger partial charge is 0.461 e. The molecule has 3 rings (SSSR count). The predicted molar refractivity (Wildman–Crippen MR) is 75.6 cm³/mol. The van der Waals surface area contributed by atoms with E-state index in [1.54, 1.807) is 30.3 Å². The normalized spacial score (nSPS) is 10.9. The van der Waals surface area contributed by atoms with E-state index in [0.29, 0.717) is 38.4 Å². The van der Waals surface area contributed by atoms with Gasteiger partial charge < -0.3 is 14.0 Å². The molecule has 4 nitrogen and oxygen atoms in total. The smallest absolute Gasteiger partial charge is 0.208 e. The molecule has 1 N–H and O–H groups in total. The van der Waals surface area contributed by atoms with Crippen molar-refractivity contribution in [1.82, 2.24) is 5.16 Å². The Labute approximate surface area is 124 Å². The highest BCUT2D eigenvalue weighted by Crippen LogP contribution is 2.34. The molecule has 20 heavy (non-hydrogen) atoms. The van der Waals surface area contributed by atoms with Gasteiger partial charge in [-0.3, -0.25) is 0 Å². The monoisotopic (exact) mass is 309 g/mol. The fourth-order valence-electron chi connectivity index (χ4n) is 1.93. The van der Waals surface area contributed by atoms with Gasteiger partial charge >= 0.3 is 0 Å². The maximum atomic E-state index is 9.57. The molecule has 0 spiro atoms. The lowest BCUT2D eigenvalue weighted by Crippen LogP contribution is -1.88. The molecular weight excluding hydrogens is 301 g/mol. The Balaban J connectivity index is 2.13. The molecule has 0 amide bonds. The van der Waals surface area contributed by atoms with Crippen molar-refractivity contribution in [2.45, 2.75) is 6.61 Å². The van der Waals surface area contributed by atoms with E-state index in [2.05, 4.69) is 5.16 Å². The van der Waals surface area contributed by atoms with Crippen LogP contribution in [0.4, 0.5) is 0 Å². The molecule has 0 saturated carbocycles. The van der Waals surface area contributed by atoms with Gasteiger partial charge in [-0.1, -0.05) is 34.4 Å². The van der Waals surface area contributed by atoms with Gasteiger partial charge in [-0.15, -0.1) is 0 Å². The highest BCUT2D eigenvalue weighted by Gasteiger charge is 2.20. The summed E-state index contributed by atoms with van der Waals surface area (Å²) in [4.78, 5) is 0. The summed E-state index contributed by atoms with van der Waals surface area (Å²) in [5.74, 6) is 0.909. The van der Waals surface area contributed by atoms with Crippen LogP contribution in [0.2, 0.25) is 10.0 Å². The van der Waals surface area contributed by atoms with E-state index in [1.165, 1.54) is 6.26 Å². The van der Waals surface area contributed by atoms with Gasteiger partial charge in [0.1, 0.15) is 5.69 Å². The minimum absolute atomic E-state index is 0.227. The number of hydrogen-bond donors (Lipinski definition) is 1. The SMILES string of the molecule is OCc1c(-c2ccc(Cl)c(Cl)c2)noc1-c1ccco1. The maximum Gasteiger partial charge on any atom is 0.208 e. The van der Waals surface area contributed by atoms with Crippen molar-refractivity contribution in [2.75, 3.05) is 0 Å². The van der Waals surface area contributed by atoms with Gasteiger partial charge in [0.05, 0.1) is 28.5 Å². The van der Waals surface area contributed by atoms with Crippen LogP contribution < -0.4 is 0 Å². The first-order chi connectivity index (χ1) is 9.70. The van der Waals surface area contributed by atoms with E-state index >= 15 is 0 Å². The summed E-state index contributed by atoms with van der Waals surface area (Å²) in [6, 6.07) is 8.57. The van der Waals surface area contributed by atoms with E-state index in [1.807, 2.05) is 0 Å². The van der Waals surface area contributed by atoms with E-state index in [0.717, 1.165) is 0 Å². The Morgan fingerprint density at radius 3 is 2.65 bits per heavy atom. The van der Waals surface area contributed by atoms with Crippen molar-refractivity contribution in [3.63, 3.8) is 0 Å². The molecule has 0 saturated heterocycles. The molecule has 0 aliphatic rings. The second kappa shape index (κ2) is 5.32. The van der Waals surface area contributed by atoms with Gasteiger partial charge in [0.25, 0.3) is 0 Å². The van der Waals surface area contributed by atoms with Crippen molar-refractivity contribution in [2.24, 2.45) is 0 Å². The zero-order valence-corrected chi connectivity index (χ0v) is 11.6. The van der Waals surface area contributed by atoms with Crippen LogP contribution in [0, 0.1) is 0 Å². The molecule has 2 aromatic heterocycles. The standard InChI is InChI=1S/C14H9Cl2NO3/c15-10-4-3-8(6-11(10)16)13-9(7-18)14(20-17-13)12-2-1-5-19-12/h1-6,18H,7H2. The molecule has 3 aromatic rings. The van der Waals surface area contributed by atoms with Crippen LogP contribution in [0.15, 0.2) is 45.5 Å². The second-order valence-corrected chi connectivity index (χ2v) is 4.92. The van der Waals surface area contributed by atoms with Crippen LogP contribution >= 0.6 is 23.2 Å². The first kappa shape index (κ1) is 13.2. The molecule has 0 aliphatic heterocycles. The van der Waals surface area contributed by atoms with E-state index < -0.39 is 0 Å². The van der Waals surface area contributed by atoms with Crippen LogP contribution in [0.1, 0.15) is 5.56 Å². The van der Waals surface area contributed by atoms with E-state index in [-0.39, 0.29) is 6.61 Å². The number of halogens is 2. The van der Waals surface area contributed by atoms with Gasteiger partial charge in [-0.2, -0.15) is 0 Å². The number of benzene rings is 1. The van der Waals surface area contributed by atoms with E-state index in [4.69, 9.17) is 32.1 Å². The number of rotatable bonds is 3. The van der Waals surface area contributed by atoms with E-state index in [9.17, 15) is 5.11 Å². The van der Waals surface area contributed by atoms with Crippen LogP contribution in [0.25, 0.3) is 22.8 Å². The summed E-state index contributed by atoms with van der Waals surface area (Å²) in [5.41, 5.74) is 1.76. The zero-order chi connectivity index (χ0) is 14.1. The number of hydrogen-bond acceptors (Lipinski definition) is 4. The van der Waals surface area contributed by atoms with Crippen molar-refractivity contribution < 1.29 is 14.0 Å². The number of nitrogens with zero attached hydrogens (tertiary/aromatic N) is 1. The van der Waals surface area contributed by atoms with Crippen LogP contribution in [-0.4, -0.2) is 10.3 Å². The summed E-state index contributed by atoms with van der Waals surface area (Å²) in [7, 11) is 0. The fraction of sp³-hybridized carbons (Fsp3) is 0.0714. The molecule has 0 radical (unpaired) electrons. The lowest BCUT2D eigenvalue weighted by Gasteiger charge is -2.02. The second-order valence-electron chi connectivity index (χ2n) is 4.10. The number of furan rings is 1. The summed E-state index contributed by atoms with van der Waals surface area (Å²) in [6.45, 7) is -0.227. The first-order valence-corrected chi connectivity index (χ1v) is 6.55. The third-order valence-electron chi connectivity index (χ3n) is 2.88. The third-order valence-corrected chi connectivity index (χ3v) is 3.62. The van der Waals surface area contributed by atoms with Crippen molar-refractivity contribution in [3.05, 3.63) is 52.2 Å². The van der Waals surface area contributed by atoms with Gasteiger partial charge in [0, 0.05) is 5.56 Å². The highest BCUT2D eigenvalue weighted by atomic mass is 35.5. The third kappa shape index (κ3) is 2.22. The Bertz CT molecular complexity index is 735. The number of aliphatic hydroxyl groups excluding tert-OH is 1. The molecule has 0 aliphatic carbocycles. The molecule has 2 heterocycles. The highest BCUT2D eigenvalue weighted by molar-refractivity contribution is 6.42. The van der Waals surface area contributed by atoms with Gasteiger partial charge in [0.15, 0.2) is 5.76 Å². The van der Waals surface area contributed by atoms with Gasteiger partial charge in [-0.05, 0) is 24.3 Å². The van der Waals surface area contributed by atoms with Crippen molar-refractivity contribution in [3.8, 4) is 22.8 Å². The van der Waals surface area contributed by atoms with Crippen molar-refractivity contribution >= 4 is 23.2 Å². The summed E-state index contributed by atoms with van der Waals surface area (Å²) in [6.07, 6.45) is 1.53. The lowest BCUT2D eigenvalue weighted by molar-refractivity contribution is 0.281. The number of aromatic nitrogens is 1. The Morgan fingerprint density at radius 2 is 2.00 bits per heavy atom. The minimum Gasteiger partial charge on any atom is -0.461 e. The Hall–Kier alpha value is -1.75. The van der Waals surface area contributed by atoms with Crippen LogP contribution in [0.3, 0.4) is 0 Å². The molecule has 0 atom stereocenters. The molecule has 1 aromatic carbocycles. The maximum absolute atomic E-state index is 9.57. The molecular formula is C14H9Cl2NO3. The minimum atomic E-state index is -0.227. The predicted octanol–water partition coefficient (Wildman–Crippen LogP) is 4.40. The zero-order valence-electron chi connectivity index (χ0n) is 10.1. The first-order valence-electron chi connectivity index (χ1n) is 5.79. The molecule has 0 unspecified atom stereocenters. The topological polar surface area (TPSA) is 59.4 Å². The Kier molecular flexibility index (Phi) is 3.53. The quantitative estimate of drug-likeness (QED) is 0.779. The summed E-state index contributed by atoms with van der Waals surface area (Å²) in [5, 5.41) is 14.4. The summed E-state index contributed by atoms with van der Waals surface area (Å²) < 4.78 is 10.5. The molecule has 0 fully saturated rings. The average Bonchev–Trinajstić information content (AvgIpc) is 3.09. The molecule has 0 bridgehead atoms. The fourth-order valence-corrected chi connectivity index (χ4v) is 2.23. The Morgan fingerprint density at radius 1 is 1.15 bits per heavy atom. The molecule has 6 heteroatoms.